The minimum Gasteiger partial charge on any atom is -0.341 e. The average Bonchev–Trinajstić information content (AvgIpc) is 2.53. The van der Waals surface area contributed by atoms with Gasteiger partial charge in [0.25, 0.3) is 0 Å². The first-order valence-electron chi connectivity index (χ1n) is 8.82. The van der Waals surface area contributed by atoms with Gasteiger partial charge in [-0.05, 0) is 62.9 Å². The predicted octanol–water partition coefficient (Wildman–Crippen LogP) is 2.04. The third-order valence-electron chi connectivity index (χ3n) is 5.21. The second-order valence-electron chi connectivity index (χ2n) is 7.29. The van der Waals surface area contributed by atoms with Gasteiger partial charge < -0.3 is 15.5 Å². The SMILES string of the molecule is CC(C)SC[C@@H](N)C(=O)N1CCC(C2CCN(C)CC2)CC1. The molecule has 128 valence electrons. The molecule has 5 heteroatoms. The zero-order chi connectivity index (χ0) is 16.1. The third kappa shape index (κ3) is 5.14. The molecule has 2 N–H and O–H groups in total. The molecule has 0 aromatic heterocycles. The van der Waals surface area contributed by atoms with Crippen LogP contribution in [0.2, 0.25) is 0 Å². The molecule has 0 saturated carbocycles. The summed E-state index contributed by atoms with van der Waals surface area (Å²) in [5.74, 6) is 2.60. The Morgan fingerprint density at radius 3 is 2.09 bits per heavy atom. The Kier molecular flexibility index (Phi) is 7.03. The maximum atomic E-state index is 12.4. The minimum absolute atomic E-state index is 0.162. The molecule has 0 bridgehead atoms. The molecule has 4 nitrogen and oxygen atoms in total. The highest BCUT2D eigenvalue weighted by atomic mass is 32.2. The summed E-state index contributed by atoms with van der Waals surface area (Å²) in [4.78, 5) is 16.9. The molecule has 2 rings (SSSR count). The van der Waals surface area contributed by atoms with Crippen LogP contribution in [-0.4, -0.2) is 66.0 Å². The lowest BCUT2D eigenvalue weighted by atomic mass is 9.79. The van der Waals surface area contributed by atoms with Crippen LogP contribution in [0.15, 0.2) is 0 Å². The average molecular weight is 328 g/mol. The fourth-order valence-electron chi connectivity index (χ4n) is 3.69. The highest BCUT2D eigenvalue weighted by molar-refractivity contribution is 7.99. The molecule has 0 unspecified atom stereocenters. The number of hydrogen-bond acceptors (Lipinski definition) is 4. The topological polar surface area (TPSA) is 49.6 Å². The first-order valence-corrected chi connectivity index (χ1v) is 9.86. The zero-order valence-corrected chi connectivity index (χ0v) is 15.3. The van der Waals surface area contributed by atoms with Gasteiger partial charge in [0.1, 0.15) is 0 Å². The highest BCUT2D eigenvalue weighted by Gasteiger charge is 2.31. The van der Waals surface area contributed by atoms with Crippen LogP contribution in [0, 0.1) is 11.8 Å². The normalized spacial score (nSPS) is 24.0. The standard InChI is InChI=1S/C17H33N3OS/c1-13(2)22-12-16(18)17(21)20-10-6-15(7-11-20)14-4-8-19(3)9-5-14/h13-16H,4-12,18H2,1-3H3/t16-/m1/s1. The lowest BCUT2D eigenvalue weighted by Crippen LogP contribution is -2.49. The minimum atomic E-state index is -0.327. The van der Waals surface area contributed by atoms with E-state index in [0.29, 0.717) is 5.25 Å². The molecule has 2 aliphatic heterocycles. The van der Waals surface area contributed by atoms with Gasteiger partial charge in [-0.3, -0.25) is 4.79 Å². The monoisotopic (exact) mass is 327 g/mol. The molecule has 0 aromatic rings. The molecular formula is C17H33N3OS. The number of piperidine rings is 2. The third-order valence-corrected chi connectivity index (χ3v) is 6.43. The van der Waals surface area contributed by atoms with Crippen molar-refractivity contribution in [2.45, 2.75) is 50.8 Å². The number of thioether (sulfide) groups is 1. The van der Waals surface area contributed by atoms with E-state index in [0.717, 1.165) is 30.7 Å². The van der Waals surface area contributed by atoms with Gasteiger partial charge in [0.2, 0.25) is 5.91 Å². The smallest absolute Gasteiger partial charge is 0.240 e. The summed E-state index contributed by atoms with van der Waals surface area (Å²) < 4.78 is 0. The summed E-state index contributed by atoms with van der Waals surface area (Å²) >= 11 is 1.78. The second-order valence-corrected chi connectivity index (χ2v) is 8.90. The Morgan fingerprint density at radius 1 is 1.09 bits per heavy atom. The summed E-state index contributed by atoms with van der Waals surface area (Å²) in [5, 5.41) is 0.536. The van der Waals surface area contributed by atoms with E-state index in [1.54, 1.807) is 11.8 Å². The molecule has 0 aromatic carbocycles. The van der Waals surface area contributed by atoms with E-state index in [1.165, 1.54) is 38.8 Å². The number of amides is 1. The van der Waals surface area contributed by atoms with Gasteiger partial charge in [0.05, 0.1) is 6.04 Å². The Hall–Kier alpha value is -0.260. The largest absolute Gasteiger partial charge is 0.341 e. The van der Waals surface area contributed by atoms with Crippen molar-refractivity contribution in [3.8, 4) is 0 Å². The van der Waals surface area contributed by atoms with E-state index in [4.69, 9.17) is 5.73 Å². The van der Waals surface area contributed by atoms with Gasteiger partial charge in [0.15, 0.2) is 0 Å². The number of nitrogens with two attached hydrogens (primary N) is 1. The van der Waals surface area contributed by atoms with Gasteiger partial charge in [-0.1, -0.05) is 13.8 Å². The summed E-state index contributed by atoms with van der Waals surface area (Å²) in [7, 11) is 2.22. The Bertz CT molecular complexity index is 348. The van der Waals surface area contributed by atoms with Gasteiger partial charge in [0, 0.05) is 18.8 Å². The Balaban J connectivity index is 1.73. The van der Waals surface area contributed by atoms with E-state index in [-0.39, 0.29) is 11.9 Å². The molecule has 2 heterocycles. The number of carbonyl (C=O) groups is 1. The van der Waals surface area contributed by atoms with Crippen LogP contribution >= 0.6 is 11.8 Å². The fraction of sp³-hybridized carbons (Fsp3) is 0.941. The number of rotatable bonds is 5. The second kappa shape index (κ2) is 8.55. The van der Waals surface area contributed by atoms with Crippen molar-refractivity contribution in [1.82, 2.24) is 9.80 Å². The fourth-order valence-corrected chi connectivity index (χ4v) is 4.43. The van der Waals surface area contributed by atoms with Crippen molar-refractivity contribution in [2.24, 2.45) is 17.6 Å². The first kappa shape index (κ1) is 18.1. The number of nitrogens with zero attached hydrogens (tertiary/aromatic N) is 2. The lowest BCUT2D eigenvalue weighted by molar-refractivity contribution is -0.133. The van der Waals surface area contributed by atoms with Crippen molar-refractivity contribution in [1.29, 1.82) is 0 Å². The maximum Gasteiger partial charge on any atom is 0.240 e. The van der Waals surface area contributed by atoms with Crippen LogP contribution in [0.4, 0.5) is 0 Å². The first-order chi connectivity index (χ1) is 10.5. The summed E-state index contributed by atoms with van der Waals surface area (Å²) in [6.07, 6.45) is 5.01. The summed E-state index contributed by atoms with van der Waals surface area (Å²) in [6.45, 7) is 8.60. The van der Waals surface area contributed by atoms with Crippen LogP contribution in [-0.2, 0) is 4.79 Å². The van der Waals surface area contributed by atoms with E-state index < -0.39 is 0 Å². The van der Waals surface area contributed by atoms with Crippen LogP contribution in [0.3, 0.4) is 0 Å². The number of likely N-dealkylation sites (tertiary alicyclic amines) is 2. The highest BCUT2D eigenvalue weighted by Crippen LogP contribution is 2.32. The molecule has 2 fully saturated rings. The molecule has 0 radical (unpaired) electrons. The van der Waals surface area contributed by atoms with E-state index in [2.05, 4.69) is 25.8 Å². The maximum absolute atomic E-state index is 12.4. The molecule has 1 amide bonds. The number of carbonyl (C=O) groups excluding carboxylic acids is 1. The summed E-state index contributed by atoms with van der Waals surface area (Å²) in [6, 6.07) is -0.327. The van der Waals surface area contributed by atoms with Gasteiger partial charge in [-0.2, -0.15) is 11.8 Å². The molecule has 0 spiro atoms. The van der Waals surface area contributed by atoms with E-state index >= 15 is 0 Å². The van der Waals surface area contributed by atoms with Crippen LogP contribution < -0.4 is 5.73 Å². The Morgan fingerprint density at radius 2 is 1.59 bits per heavy atom. The van der Waals surface area contributed by atoms with Crippen LogP contribution in [0.5, 0.6) is 0 Å². The van der Waals surface area contributed by atoms with Crippen molar-refractivity contribution >= 4 is 17.7 Å². The van der Waals surface area contributed by atoms with Gasteiger partial charge in [-0.15, -0.1) is 0 Å². The Labute approximate surface area is 140 Å². The van der Waals surface area contributed by atoms with Crippen molar-refractivity contribution in [3.05, 3.63) is 0 Å². The van der Waals surface area contributed by atoms with Crippen LogP contribution in [0.25, 0.3) is 0 Å². The van der Waals surface area contributed by atoms with Gasteiger partial charge in [-0.25, -0.2) is 0 Å². The van der Waals surface area contributed by atoms with Crippen LogP contribution in [0.1, 0.15) is 39.5 Å². The van der Waals surface area contributed by atoms with E-state index in [9.17, 15) is 4.79 Å². The zero-order valence-electron chi connectivity index (χ0n) is 14.5. The van der Waals surface area contributed by atoms with Crippen molar-refractivity contribution < 1.29 is 4.79 Å². The summed E-state index contributed by atoms with van der Waals surface area (Å²) in [5.41, 5.74) is 6.07. The predicted molar refractivity (Wildman–Crippen MR) is 95.1 cm³/mol. The molecule has 2 aliphatic rings. The van der Waals surface area contributed by atoms with E-state index in [1.807, 2.05) is 4.90 Å². The van der Waals surface area contributed by atoms with Crippen molar-refractivity contribution in [3.63, 3.8) is 0 Å². The van der Waals surface area contributed by atoms with Crippen molar-refractivity contribution in [2.75, 3.05) is 39.0 Å². The van der Waals surface area contributed by atoms with Gasteiger partial charge >= 0.3 is 0 Å². The molecular weight excluding hydrogens is 294 g/mol. The molecule has 1 atom stereocenters. The lowest BCUT2D eigenvalue weighted by Gasteiger charge is -2.40. The quantitative estimate of drug-likeness (QED) is 0.839. The number of hydrogen-bond donors (Lipinski definition) is 1. The molecule has 22 heavy (non-hydrogen) atoms. The molecule has 0 aliphatic carbocycles. The molecule has 2 saturated heterocycles.